The lowest BCUT2D eigenvalue weighted by atomic mass is 9.82. The minimum atomic E-state index is -0.236. The Morgan fingerprint density at radius 1 is 0.652 bits per heavy atom. The van der Waals surface area contributed by atoms with E-state index in [1.807, 2.05) is 11.1 Å². The Morgan fingerprint density at radius 3 is 1.83 bits per heavy atom. The minimum absolute atomic E-state index is 0.236. The Labute approximate surface area is 141 Å². The molecule has 0 nitrogen and oxygen atoms in total. The van der Waals surface area contributed by atoms with Crippen molar-refractivity contribution in [2.45, 2.75) is 50.6 Å². The van der Waals surface area contributed by atoms with Crippen LogP contribution in [0.15, 0.2) is 71.8 Å². The van der Waals surface area contributed by atoms with Crippen molar-refractivity contribution in [3.63, 3.8) is 0 Å². The van der Waals surface area contributed by atoms with Crippen LogP contribution in [0.2, 0.25) is 0 Å². The highest BCUT2D eigenvalue weighted by Crippen LogP contribution is 2.49. The molecule has 0 bridgehead atoms. The molecular weight excluding hydrogens is 295 g/mol. The van der Waals surface area contributed by atoms with E-state index in [0.29, 0.717) is 0 Å². The van der Waals surface area contributed by atoms with Gasteiger partial charge >= 0.3 is 0 Å². The van der Waals surface area contributed by atoms with E-state index in [0.717, 1.165) is 5.66 Å². The molecule has 1 atom stereocenters. The standard InChI is InChI=1S/C22H25P/c1-3-11-20(12-4-1)23(21-13-5-2-6-14-21)22-16-15-18-9-7-8-10-19(18)17-22/h1-6,11-14,22H,7-10,15-17H2/t22-/m0/s1. The number of rotatable bonds is 3. The lowest BCUT2D eigenvalue weighted by Crippen LogP contribution is -2.25. The zero-order chi connectivity index (χ0) is 15.5. The Balaban J connectivity index is 1.68. The first-order chi connectivity index (χ1) is 11.4. The van der Waals surface area contributed by atoms with Crippen LogP contribution < -0.4 is 10.6 Å². The molecule has 2 aliphatic rings. The lowest BCUT2D eigenvalue weighted by molar-refractivity contribution is 0.564. The maximum atomic E-state index is 2.35. The molecule has 0 heterocycles. The molecule has 0 fully saturated rings. The van der Waals surface area contributed by atoms with Crippen molar-refractivity contribution in [3.8, 4) is 0 Å². The van der Waals surface area contributed by atoms with E-state index in [-0.39, 0.29) is 7.92 Å². The summed E-state index contributed by atoms with van der Waals surface area (Å²) in [6.07, 6.45) is 9.70. The highest BCUT2D eigenvalue weighted by atomic mass is 31.1. The van der Waals surface area contributed by atoms with E-state index in [4.69, 9.17) is 0 Å². The molecule has 0 radical (unpaired) electrons. The minimum Gasteiger partial charge on any atom is -0.0710 e. The molecule has 0 spiro atoms. The van der Waals surface area contributed by atoms with Crippen LogP contribution in [0.1, 0.15) is 44.9 Å². The summed E-state index contributed by atoms with van der Waals surface area (Å²) in [5, 5.41) is 3.11. The molecule has 0 N–H and O–H groups in total. The molecule has 23 heavy (non-hydrogen) atoms. The first-order valence-electron chi connectivity index (χ1n) is 9.01. The van der Waals surface area contributed by atoms with Gasteiger partial charge in [-0.1, -0.05) is 71.8 Å². The fourth-order valence-corrected chi connectivity index (χ4v) is 7.19. The summed E-state index contributed by atoms with van der Waals surface area (Å²) in [7, 11) is -0.236. The van der Waals surface area contributed by atoms with Crippen molar-refractivity contribution in [2.24, 2.45) is 0 Å². The average molecular weight is 320 g/mol. The van der Waals surface area contributed by atoms with Gasteiger partial charge in [-0.15, -0.1) is 0 Å². The number of hydrogen-bond acceptors (Lipinski definition) is 0. The largest absolute Gasteiger partial charge is 0.0710 e. The second kappa shape index (κ2) is 7.02. The summed E-state index contributed by atoms with van der Waals surface area (Å²) in [5.74, 6) is 0. The molecule has 0 unspecified atom stereocenters. The van der Waals surface area contributed by atoms with Crippen LogP contribution in [-0.4, -0.2) is 5.66 Å². The van der Waals surface area contributed by atoms with Gasteiger partial charge in [0, 0.05) is 0 Å². The SMILES string of the molecule is c1ccc(P(c2ccccc2)[C@H]2CCC3=C(CCCC3)C2)cc1. The van der Waals surface area contributed by atoms with E-state index in [1.165, 1.54) is 44.9 Å². The molecule has 0 saturated heterocycles. The number of hydrogen-bond donors (Lipinski definition) is 0. The third-order valence-electron chi connectivity index (χ3n) is 5.40. The summed E-state index contributed by atoms with van der Waals surface area (Å²) >= 11 is 0. The fraction of sp³-hybridized carbons (Fsp3) is 0.364. The van der Waals surface area contributed by atoms with E-state index < -0.39 is 0 Å². The Hall–Kier alpha value is -1.39. The molecule has 0 aliphatic heterocycles. The number of allylic oxidation sites excluding steroid dienone is 2. The Morgan fingerprint density at radius 2 is 1.22 bits per heavy atom. The summed E-state index contributed by atoms with van der Waals surface area (Å²) in [6, 6.07) is 22.5. The number of benzene rings is 2. The molecule has 2 aliphatic carbocycles. The van der Waals surface area contributed by atoms with Crippen LogP contribution in [-0.2, 0) is 0 Å². The van der Waals surface area contributed by atoms with Crippen LogP contribution in [0.5, 0.6) is 0 Å². The molecule has 4 rings (SSSR count). The zero-order valence-electron chi connectivity index (χ0n) is 13.7. The quantitative estimate of drug-likeness (QED) is 0.514. The van der Waals surface area contributed by atoms with Gasteiger partial charge in [-0.2, -0.15) is 0 Å². The van der Waals surface area contributed by atoms with E-state index in [2.05, 4.69) is 60.7 Å². The zero-order valence-corrected chi connectivity index (χ0v) is 14.6. The van der Waals surface area contributed by atoms with Crippen molar-refractivity contribution in [3.05, 3.63) is 71.8 Å². The molecule has 2 aromatic carbocycles. The van der Waals surface area contributed by atoms with Gasteiger partial charge in [0.1, 0.15) is 0 Å². The topological polar surface area (TPSA) is 0 Å². The fourth-order valence-electron chi connectivity index (χ4n) is 4.27. The maximum absolute atomic E-state index is 2.35. The highest BCUT2D eigenvalue weighted by Gasteiger charge is 2.30. The molecular formula is C22H25P. The summed E-state index contributed by atoms with van der Waals surface area (Å²) in [6.45, 7) is 0. The van der Waals surface area contributed by atoms with Gasteiger partial charge in [0.2, 0.25) is 0 Å². The van der Waals surface area contributed by atoms with E-state index in [1.54, 1.807) is 10.6 Å². The second-order valence-corrected chi connectivity index (χ2v) is 9.36. The monoisotopic (exact) mass is 320 g/mol. The van der Waals surface area contributed by atoms with Crippen LogP contribution in [0.4, 0.5) is 0 Å². The van der Waals surface area contributed by atoms with Crippen LogP contribution in [0.25, 0.3) is 0 Å². The molecule has 0 amide bonds. The predicted molar refractivity (Wildman–Crippen MR) is 102 cm³/mol. The van der Waals surface area contributed by atoms with Crippen LogP contribution >= 0.6 is 7.92 Å². The summed E-state index contributed by atoms with van der Waals surface area (Å²) < 4.78 is 0. The molecule has 118 valence electrons. The van der Waals surface area contributed by atoms with Crippen molar-refractivity contribution < 1.29 is 0 Å². The van der Waals surface area contributed by atoms with Gasteiger partial charge in [-0.05, 0) is 69.1 Å². The molecule has 2 aromatic rings. The van der Waals surface area contributed by atoms with E-state index >= 15 is 0 Å². The van der Waals surface area contributed by atoms with Gasteiger partial charge in [-0.3, -0.25) is 0 Å². The maximum Gasteiger partial charge on any atom is -0.00884 e. The molecule has 0 aromatic heterocycles. The first kappa shape index (κ1) is 15.2. The van der Waals surface area contributed by atoms with Crippen molar-refractivity contribution in [2.75, 3.05) is 0 Å². The Kier molecular flexibility index (Phi) is 4.62. The van der Waals surface area contributed by atoms with Gasteiger partial charge in [0.15, 0.2) is 0 Å². The Bertz CT molecular complexity index is 632. The third kappa shape index (κ3) is 3.29. The van der Waals surface area contributed by atoms with Crippen molar-refractivity contribution in [1.29, 1.82) is 0 Å². The molecule has 1 heteroatoms. The summed E-state index contributed by atoms with van der Waals surface area (Å²) in [5.41, 5.74) is 4.47. The highest BCUT2D eigenvalue weighted by molar-refractivity contribution is 7.73. The van der Waals surface area contributed by atoms with Crippen molar-refractivity contribution >= 4 is 18.5 Å². The van der Waals surface area contributed by atoms with E-state index in [9.17, 15) is 0 Å². The average Bonchev–Trinajstić information content (AvgIpc) is 2.64. The van der Waals surface area contributed by atoms with Gasteiger partial charge in [-0.25, -0.2) is 0 Å². The van der Waals surface area contributed by atoms with Gasteiger partial charge < -0.3 is 0 Å². The first-order valence-corrected chi connectivity index (χ1v) is 10.4. The third-order valence-corrected chi connectivity index (χ3v) is 8.28. The normalized spacial score (nSPS) is 21.3. The van der Waals surface area contributed by atoms with Gasteiger partial charge in [0.25, 0.3) is 0 Å². The van der Waals surface area contributed by atoms with Crippen molar-refractivity contribution in [1.82, 2.24) is 0 Å². The van der Waals surface area contributed by atoms with Crippen LogP contribution in [0, 0.1) is 0 Å². The summed E-state index contributed by atoms with van der Waals surface area (Å²) in [4.78, 5) is 0. The molecule has 0 saturated carbocycles. The smallest absolute Gasteiger partial charge is 0.00884 e. The lowest BCUT2D eigenvalue weighted by Gasteiger charge is -2.35. The predicted octanol–water partition coefficient (Wildman–Crippen LogP) is 5.54. The van der Waals surface area contributed by atoms with Gasteiger partial charge in [0.05, 0.1) is 0 Å². The van der Waals surface area contributed by atoms with Crippen LogP contribution in [0.3, 0.4) is 0 Å². The second-order valence-electron chi connectivity index (χ2n) is 6.85.